The highest BCUT2D eigenvalue weighted by Gasteiger charge is 2.34. The van der Waals surface area contributed by atoms with Crippen LogP contribution in [-0.4, -0.2) is 33.0 Å². The minimum Gasteiger partial charge on any atom is -0.363 e. The summed E-state index contributed by atoms with van der Waals surface area (Å²) in [6.07, 6.45) is 2.13. The van der Waals surface area contributed by atoms with Crippen LogP contribution in [0.1, 0.15) is 36.3 Å². The second kappa shape index (κ2) is 9.62. The van der Waals surface area contributed by atoms with Crippen LogP contribution in [0.4, 0.5) is 23.4 Å². The average molecular weight is 494 g/mol. The van der Waals surface area contributed by atoms with Crippen molar-refractivity contribution in [2.75, 3.05) is 18.4 Å². The van der Waals surface area contributed by atoms with E-state index in [1.807, 2.05) is 6.07 Å². The van der Waals surface area contributed by atoms with Crippen LogP contribution in [0, 0.1) is 5.82 Å². The maximum Gasteiger partial charge on any atom is 0.451 e. The zero-order valence-corrected chi connectivity index (χ0v) is 19.3. The third kappa shape index (κ3) is 4.90. The molecule has 0 bridgehead atoms. The molecular weight excluding hydrogens is 472 g/mol. The fraction of sp³-hybridized carbons (Fsp3) is 0.231. The van der Waals surface area contributed by atoms with Gasteiger partial charge in [0, 0.05) is 35.5 Å². The maximum atomic E-state index is 13.6. The number of fused-ring (bicyclic) bond motifs is 1. The summed E-state index contributed by atoms with van der Waals surface area (Å²) in [7, 11) is 0. The summed E-state index contributed by atoms with van der Waals surface area (Å²) in [6.45, 7) is 3.38. The molecule has 6 nitrogen and oxygen atoms in total. The Hall–Kier alpha value is -3.92. The molecule has 0 saturated heterocycles. The first kappa shape index (κ1) is 23.8. The SMILES string of the molecule is CC(Nc1ncnc2c(C3=CCNCC3)cc(-c3ccc(F)cc3)cc12)c1cnc(C(F)(F)F)nc1. The van der Waals surface area contributed by atoms with E-state index >= 15 is 0 Å². The van der Waals surface area contributed by atoms with Gasteiger partial charge in [-0.2, -0.15) is 13.2 Å². The predicted octanol–water partition coefficient (Wildman–Crippen LogP) is 5.79. The largest absolute Gasteiger partial charge is 0.451 e. The molecule has 2 aromatic heterocycles. The molecule has 0 spiro atoms. The smallest absolute Gasteiger partial charge is 0.363 e. The predicted molar refractivity (Wildman–Crippen MR) is 129 cm³/mol. The normalized spacial score (nSPS) is 15.0. The van der Waals surface area contributed by atoms with E-state index < -0.39 is 18.0 Å². The second-order valence-corrected chi connectivity index (χ2v) is 8.54. The molecule has 1 aliphatic heterocycles. The van der Waals surface area contributed by atoms with Gasteiger partial charge in [-0.1, -0.05) is 18.2 Å². The fourth-order valence-corrected chi connectivity index (χ4v) is 4.20. The number of nitrogens with one attached hydrogen (secondary N) is 2. The number of alkyl halides is 3. The minimum absolute atomic E-state index is 0.320. The van der Waals surface area contributed by atoms with E-state index in [1.165, 1.54) is 18.5 Å². The first-order valence-corrected chi connectivity index (χ1v) is 11.4. The molecule has 2 N–H and O–H groups in total. The van der Waals surface area contributed by atoms with E-state index in [4.69, 9.17) is 0 Å². The summed E-state index contributed by atoms with van der Waals surface area (Å²) in [5.74, 6) is -0.985. The molecule has 1 unspecified atom stereocenters. The molecule has 1 atom stereocenters. The van der Waals surface area contributed by atoms with E-state index in [-0.39, 0.29) is 5.82 Å². The van der Waals surface area contributed by atoms with Crippen molar-refractivity contribution in [3.8, 4) is 11.1 Å². The summed E-state index contributed by atoms with van der Waals surface area (Å²) in [5.41, 5.74) is 5.06. The van der Waals surface area contributed by atoms with Crippen molar-refractivity contribution in [2.45, 2.75) is 25.6 Å². The maximum absolute atomic E-state index is 13.6. The molecule has 5 rings (SSSR count). The Balaban J connectivity index is 1.58. The van der Waals surface area contributed by atoms with E-state index in [9.17, 15) is 17.6 Å². The average Bonchev–Trinajstić information content (AvgIpc) is 2.89. The van der Waals surface area contributed by atoms with Crippen LogP contribution in [0.15, 0.2) is 61.2 Å². The van der Waals surface area contributed by atoms with Gasteiger partial charge in [0.25, 0.3) is 0 Å². The number of halogens is 4. The van der Waals surface area contributed by atoms with Crippen LogP contribution >= 0.6 is 0 Å². The Kier molecular flexibility index (Phi) is 6.36. The van der Waals surface area contributed by atoms with Gasteiger partial charge in [0.2, 0.25) is 5.82 Å². The first-order valence-electron chi connectivity index (χ1n) is 11.4. The Labute approximate surface area is 204 Å². The molecule has 2 aromatic carbocycles. The van der Waals surface area contributed by atoms with Gasteiger partial charge < -0.3 is 10.6 Å². The van der Waals surface area contributed by atoms with Crippen molar-refractivity contribution in [1.82, 2.24) is 25.3 Å². The van der Waals surface area contributed by atoms with E-state index in [0.29, 0.717) is 11.4 Å². The number of hydrogen-bond donors (Lipinski definition) is 2. The van der Waals surface area contributed by atoms with Crippen molar-refractivity contribution in [2.24, 2.45) is 0 Å². The molecule has 3 heterocycles. The molecular formula is C26H22F4N6. The fourth-order valence-electron chi connectivity index (χ4n) is 4.20. The van der Waals surface area contributed by atoms with Gasteiger partial charge in [-0.05, 0) is 60.9 Å². The Morgan fingerprint density at radius 3 is 2.39 bits per heavy atom. The van der Waals surface area contributed by atoms with Crippen LogP contribution < -0.4 is 10.6 Å². The van der Waals surface area contributed by atoms with Crippen molar-refractivity contribution >= 4 is 22.3 Å². The topological polar surface area (TPSA) is 75.6 Å². The molecule has 0 saturated carbocycles. The number of benzene rings is 2. The first-order chi connectivity index (χ1) is 17.3. The minimum atomic E-state index is -4.60. The van der Waals surface area contributed by atoms with Crippen LogP contribution in [0.3, 0.4) is 0 Å². The number of rotatable bonds is 5. The molecule has 184 valence electrons. The van der Waals surface area contributed by atoms with Crippen LogP contribution in [0.25, 0.3) is 27.6 Å². The van der Waals surface area contributed by atoms with Gasteiger partial charge >= 0.3 is 6.18 Å². The molecule has 36 heavy (non-hydrogen) atoms. The molecule has 0 radical (unpaired) electrons. The second-order valence-electron chi connectivity index (χ2n) is 8.54. The van der Waals surface area contributed by atoms with Gasteiger partial charge in [0.05, 0.1) is 11.6 Å². The van der Waals surface area contributed by atoms with E-state index in [2.05, 4.69) is 42.7 Å². The lowest BCUT2D eigenvalue weighted by atomic mass is 9.93. The molecule has 1 aliphatic rings. The zero-order valence-electron chi connectivity index (χ0n) is 19.3. The van der Waals surface area contributed by atoms with E-state index in [0.717, 1.165) is 65.1 Å². The van der Waals surface area contributed by atoms with Gasteiger partial charge in [0.15, 0.2) is 0 Å². The Morgan fingerprint density at radius 1 is 0.972 bits per heavy atom. The summed E-state index contributed by atoms with van der Waals surface area (Å²) < 4.78 is 52.1. The molecule has 0 aliphatic carbocycles. The lowest BCUT2D eigenvalue weighted by Crippen LogP contribution is -2.20. The molecule has 0 amide bonds. The van der Waals surface area contributed by atoms with Crippen LogP contribution in [0.5, 0.6) is 0 Å². The highest BCUT2D eigenvalue weighted by Crippen LogP contribution is 2.35. The zero-order chi connectivity index (χ0) is 25.3. The summed E-state index contributed by atoms with van der Waals surface area (Å²) in [4.78, 5) is 15.9. The number of nitrogens with zero attached hydrogens (tertiary/aromatic N) is 4. The van der Waals surface area contributed by atoms with Crippen molar-refractivity contribution in [1.29, 1.82) is 0 Å². The number of hydrogen-bond acceptors (Lipinski definition) is 6. The van der Waals surface area contributed by atoms with Crippen molar-refractivity contribution in [3.05, 3.63) is 84.0 Å². The van der Waals surface area contributed by atoms with Gasteiger partial charge in [-0.3, -0.25) is 0 Å². The summed E-state index contributed by atoms with van der Waals surface area (Å²) >= 11 is 0. The Morgan fingerprint density at radius 2 is 1.72 bits per heavy atom. The number of aromatic nitrogens is 4. The van der Waals surface area contributed by atoms with Crippen LogP contribution in [0.2, 0.25) is 0 Å². The van der Waals surface area contributed by atoms with Gasteiger partial charge in [-0.25, -0.2) is 24.3 Å². The van der Waals surface area contributed by atoms with Crippen molar-refractivity contribution < 1.29 is 17.6 Å². The summed E-state index contributed by atoms with van der Waals surface area (Å²) in [5, 5.41) is 7.33. The Bertz CT molecular complexity index is 1420. The standard InChI is InChI=1S/C26H22F4N6/c1-15(19-12-32-25(33-13-19)26(28,29)30)36-24-22-11-18(16-2-4-20(27)5-3-16)10-21(23(22)34-14-35-24)17-6-8-31-9-7-17/h2-6,10-15,31H,7-9H2,1H3,(H,34,35,36). The number of anilines is 1. The molecule has 0 fully saturated rings. The monoisotopic (exact) mass is 494 g/mol. The lowest BCUT2D eigenvalue weighted by Gasteiger charge is -2.20. The third-order valence-electron chi connectivity index (χ3n) is 6.10. The lowest BCUT2D eigenvalue weighted by molar-refractivity contribution is -0.145. The molecule has 10 heteroatoms. The molecule has 4 aromatic rings. The van der Waals surface area contributed by atoms with E-state index in [1.54, 1.807) is 19.1 Å². The highest BCUT2D eigenvalue weighted by atomic mass is 19.4. The quantitative estimate of drug-likeness (QED) is 0.342. The highest BCUT2D eigenvalue weighted by molar-refractivity contribution is 6.00. The third-order valence-corrected chi connectivity index (χ3v) is 6.10. The summed E-state index contributed by atoms with van der Waals surface area (Å²) in [6, 6.07) is 9.82. The van der Waals surface area contributed by atoms with Crippen LogP contribution in [-0.2, 0) is 6.18 Å². The van der Waals surface area contributed by atoms with Gasteiger partial charge in [0.1, 0.15) is 18.0 Å². The van der Waals surface area contributed by atoms with Gasteiger partial charge in [-0.15, -0.1) is 0 Å². The van der Waals surface area contributed by atoms with Crippen molar-refractivity contribution in [3.63, 3.8) is 0 Å².